The van der Waals surface area contributed by atoms with Gasteiger partial charge in [-0.05, 0) is 36.2 Å². The third-order valence-corrected chi connectivity index (χ3v) is 3.22. The van der Waals surface area contributed by atoms with Crippen molar-refractivity contribution >= 4 is 11.4 Å². The summed E-state index contributed by atoms with van der Waals surface area (Å²) < 4.78 is 0. The SMILES string of the molecule is Nc1ccc(O)cc1C1Cc2ccccc2N1. The van der Waals surface area contributed by atoms with Crippen molar-refractivity contribution in [3.63, 3.8) is 0 Å². The summed E-state index contributed by atoms with van der Waals surface area (Å²) in [5.41, 5.74) is 10.1. The maximum absolute atomic E-state index is 9.53. The molecule has 1 aliphatic rings. The Morgan fingerprint density at radius 2 is 2.00 bits per heavy atom. The lowest BCUT2D eigenvalue weighted by atomic mass is 10.0. The predicted octanol–water partition coefficient (Wildman–Crippen LogP) is 2.68. The number of hydrogen-bond acceptors (Lipinski definition) is 3. The molecule has 3 heteroatoms. The lowest BCUT2D eigenvalue weighted by molar-refractivity contribution is 0.474. The second-order valence-electron chi connectivity index (χ2n) is 4.37. The molecule has 2 aromatic rings. The van der Waals surface area contributed by atoms with E-state index < -0.39 is 0 Å². The van der Waals surface area contributed by atoms with Gasteiger partial charge in [0.15, 0.2) is 0 Å². The van der Waals surface area contributed by atoms with Gasteiger partial charge in [0.1, 0.15) is 5.75 Å². The highest BCUT2D eigenvalue weighted by atomic mass is 16.3. The highest BCUT2D eigenvalue weighted by Crippen LogP contribution is 2.37. The molecule has 0 saturated heterocycles. The minimum Gasteiger partial charge on any atom is -0.508 e. The Morgan fingerprint density at radius 3 is 2.82 bits per heavy atom. The third-order valence-electron chi connectivity index (χ3n) is 3.22. The number of aromatic hydroxyl groups is 1. The molecule has 0 radical (unpaired) electrons. The van der Waals surface area contributed by atoms with E-state index in [9.17, 15) is 5.11 Å². The molecule has 1 unspecified atom stereocenters. The topological polar surface area (TPSA) is 58.3 Å². The Bertz CT molecular complexity index is 541. The first kappa shape index (κ1) is 10.0. The van der Waals surface area contributed by atoms with E-state index >= 15 is 0 Å². The molecule has 1 heterocycles. The Balaban J connectivity index is 1.96. The minimum absolute atomic E-state index is 0.152. The van der Waals surface area contributed by atoms with Crippen LogP contribution in [0.4, 0.5) is 11.4 Å². The molecule has 0 amide bonds. The van der Waals surface area contributed by atoms with Gasteiger partial charge in [-0.1, -0.05) is 18.2 Å². The number of phenolic OH excluding ortho intramolecular Hbond substituents is 1. The lowest BCUT2D eigenvalue weighted by Crippen LogP contribution is -2.08. The number of nitrogen functional groups attached to an aromatic ring is 1. The van der Waals surface area contributed by atoms with Crippen LogP contribution < -0.4 is 11.1 Å². The van der Waals surface area contributed by atoms with E-state index in [-0.39, 0.29) is 11.8 Å². The van der Waals surface area contributed by atoms with Gasteiger partial charge < -0.3 is 16.2 Å². The fourth-order valence-electron chi connectivity index (χ4n) is 2.35. The van der Waals surface area contributed by atoms with Crippen molar-refractivity contribution in [2.24, 2.45) is 0 Å². The Labute approximate surface area is 99.9 Å². The number of fused-ring (bicyclic) bond motifs is 1. The van der Waals surface area contributed by atoms with Crippen molar-refractivity contribution in [2.45, 2.75) is 12.5 Å². The number of benzene rings is 2. The summed E-state index contributed by atoms with van der Waals surface area (Å²) in [4.78, 5) is 0. The molecule has 3 rings (SSSR count). The number of anilines is 2. The third kappa shape index (κ3) is 1.69. The van der Waals surface area contributed by atoms with Gasteiger partial charge in [-0.15, -0.1) is 0 Å². The monoisotopic (exact) mass is 226 g/mol. The molecular weight excluding hydrogens is 212 g/mol. The first-order chi connectivity index (χ1) is 8.24. The lowest BCUT2D eigenvalue weighted by Gasteiger charge is -2.14. The number of phenols is 1. The van der Waals surface area contributed by atoms with E-state index in [1.165, 1.54) is 5.56 Å². The number of para-hydroxylation sites is 1. The first-order valence-corrected chi connectivity index (χ1v) is 5.67. The molecule has 0 spiro atoms. The van der Waals surface area contributed by atoms with Gasteiger partial charge in [0.25, 0.3) is 0 Å². The van der Waals surface area contributed by atoms with Gasteiger partial charge in [0.05, 0.1) is 6.04 Å². The van der Waals surface area contributed by atoms with E-state index in [4.69, 9.17) is 5.73 Å². The molecule has 4 N–H and O–H groups in total. The molecule has 17 heavy (non-hydrogen) atoms. The fourth-order valence-corrected chi connectivity index (χ4v) is 2.35. The number of nitrogens with one attached hydrogen (secondary N) is 1. The van der Waals surface area contributed by atoms with Crippen LogP contribution in [0.2, 0.25) is 0 Å². The van der Waals surface area contributed by atoms with Crippen molar-refractivity contribution in [1.29, 1.82) is 0 Å². The second kappa shape index (κ2) is 3.70. The zero-order chi connectivity index (χ0) is 11.8. The summed E-state index contributed by atoms with van der Waals surface area (Å²) >= 11 is 0. The summed E-state index contributed by atoms with van der Waals surface area (Å²) in [6, 6.07) is 13.5. The molecule has 0 saturated carbocycles. The number of hydrogen-bond donors (Lipinski definition) is 3. The predicted molar refractivity (Wildman–Crippen MR) is 69.0 cm³/mol. The van der Waals surface area contributed by atoms with E-state index in [1.54, 1.807) is 18.2 Å². The summed E-state index contributed by atoms with van der Waals surface area (Å²) in [6.07, 6.45) is 0.907. The van der Waals surface area contributed by atoms with Crippen LogP contribution >= 0.6 is 0 Å². The average molecular weight is 226 g/mol. The van der Waals surface area contributed by atoms with E-state index in [1.807, 2.05) is 12.1 Å². The van der Waals surface area contributed by atoms with Crippen LogP contribution in [0, 0.1) is 0 Å². The van der Waals surface area contributed by atoms with Crippen LogP contribution in [0.3, 0.4) is 0 Å². The van der Waals surface area contributed by atoms with Gasteiger partial charge in [-0.25, -0.2) is 0 Å². The van der Waals surface area contributed by atoms with Crippen molar-refractivity contribution in [2.75, 3.05) is 11.1 Å². The van der Waals surface area contributed by atoms with Crippen molar-refractivity contribution in [3.05, 3.63) is 53.6 Å². The van der Waals surface area contributed by atoms with Crippen molar-refractivity contribution < 1.29 is 5.11 Å². The van der Waals surface area contributed by atoms with Gasteiger partial charge in [-0.2, -0.15) is 0 Å². The summed E-state index contributed by atoms with van der Waals surface area (Å²) in [5, 5.41) is 13.0. The normalized spacial score (nSPS) is 17.5. The maximum atomic E-state index is 9.53. The zero-order valence-electron chi connectivity index (χ0n) is 9.35. The van der Waals surface area contributed by atoms with Crippen molar-refractivity contribution in [3.8, 4) is 5.75 Å². The van der Waals surface area contributed by atoms with Gasteiger partial charge in [0, 0.05) is 16.9 Å². The van der Waals surface area contributed by atoms with Crippen LogP contribution in [0.15, 0.2) is 42.5 Å². The summed E-state index contributed by atoms with van der Waals surface area (Å²) in [7, 11) is 0. The zero-order valence-corrected chi connectivity index (χ0v) is 9.35. The fraction of sp³-hybridized carbons (Fsp3) is 0.143. The smallest absolute Gasteiger partial charge is 0.116 e. The highest BCUT2D eigenvalue weighted by Gasteiger charge is 2.23. The average Bonchev–Trinajstić information content (AvgIpc) is 2.75. The van der Waals surface area contributed by atoms with E-state index in [2.05, 4.69) is 17.4 Å². The molecule has 0 bridgehead atoms. The molecule has 1 aliphatic heterocycles. The van der Waals surface area contributed by atoms with Crippen LogP contribution in [0.5, 0.6) is 5.75 Å². The Morgan fingerprint density at radius 1 is 1.18 bits per heavy atom. The van der Waals surface area contributed by atoms with Crippen LogP contribution in [-0.4, -0.2) is 5.11 Å². The maximum Gasteiger partial charge on any atom is 0.116 e. The molecular formula is C14H14N2O. The van der Waals surface area contributed by atoms with Gasteiger partial charge in [0.2, 0.25) is 0 Å². The molecule has 2 aromatic carbocycles. The molecule has 0 fully saturated rings. The molecule has 1 atom stereocenters. The first-order valence-electron chi connectivity index (χ1n) is 5.67. The largest absolute Gasteiger partial charge is 0.508 e. The van der Waals surface area contributed by atoms with Gasteiger partial charge in [-0.3, -0.25) is 0 Å². The standard InChI is InChI=1S/C14H14N2O/c15-12-6-5-10(17)8-11(12)14-7-9-3-1-2-4-13(9)16-14/h1-6,8,14,16-17H,7,15H2. The second-order valence-corrected chi connectivity index (χ2v) is 4.37. The molecule has 0 aromatic heterocycles. The Kier molecular flexibility index (Phi) is 2.18. The number of rotatable bonds is 1. The minimum atomic E-state index is 0.152. The highest BCUT2D eigenvalue weighted by molar-refractivity contribution is 5.62. The van der Waals surface area contributed by atoms with Crippen LogP contribution in [0.25, 0.3) is 0 Å². The quantitative estimate of drug-likeness (QED) is 0.517. The van der Waals surface area contributed by atoms with Crippen molar-refractivity contribution in [1.82, 2.24) is 0 Å². The summed E-state index contributed by atoms with van der Waals surface area (Å²) in [5.74, 6) is 0.256. The summed E-state index contributed by atoms with van der Waals surface area (Å²) in [6.45, 7) is 0. The Hall–Kier alpha value is -2.16. The molecule has 86 valence electrons. The molecule has 3 nitrogen and oxygen atoms in total. The van der Waals surface area contributed by atoms with E-state index in [0.29, 0.717) is 5.69 Å². The van der Waals surface area contributed by atoms with Crippen LogP contribution in [-0.2, 0) is 6.42 Å². The molecule has 0 aliphatic carbocycles. The number of nitrogens with two attached hydrogens (primary N) is 1. The van der Waals surface area contributed by atoms with Gasteiger partial charge >= 0.3 is 0 Å². The van der Waals surface area contributed by atoms with E-state index in [0.717, 1.165) is 17.7 Å². The van der Waals surface area contributed by atoms with Crippen LogP contribution in [0.1, 0.15) is 17.2 Å².